The number of carbonyl (C=O) groups excluding carboxylic acids is 1. The van der Waals surface area contributed by atoms with Crippen LogP contribution in [0.15, 0.2) is 54.6 Å². The Morgan fingerprint density at radius 1 is 1.13 bits per heavy atom. The maximum Gasteiger partial charge on any atom is 0.387 e. The Morgan fingerprint density at radius 2 is 1.87 bits per heavy atom. The van der Waals surface area contributed by atoms with E-state index in [0.29, 0.717) is 17.0 Å². The lowest BCUT2D eigenvalue weighted by molar-refractivity contribution is -0.0493. The van der Waals surface area contributed by atoms with Crippen molar-refractivity contribution in [3.63, 3.8) is 0 Å². The molecule has 31 heavy (non-hydrogen) atoms. The van der Waals surface area contributed by atoms with Gasteiger partial charge < -0.3 is 20.1 Å². The number of nitrogens with one attached hydrogen (secondary N) is 2. The Bertz CT molecular complexity index is 1070. The normalized spacial score (nSPS) is 10.6. The number of methoxy groups -OCH3 is 1. The van der Waals surface area contributed by atoms with Gasteiger partial charge >= 0.3 is 12.6 Å². The second-order valence-electron chi connectivity index (χ2n) is 6.57. The van der Waals surface area contributed by atoms with Gasteiger partial charge in [0.05, 0.1) is 18.4 Å². The van der Waals surface area contributed by atoms with Crippen molar-refractivity contribution >= 4 is 45.3 Å². The van der Waals surface area contributed by atoms with Crippen LogP contribution in [-0.4, -0.2) is 24.8 Å². The van der Waals surface area contributed by atoms with E-state index in [1.165, 1.54) is 24.5 Å². The Morgan fingerprint density at radius 3 is 2.55 bits per heavy atom. The summed E-state index contributed by atoms with van der Waals surface area (Å²) in [5.74, 6) is -0.527. The minimum Gasteiger partial charge on any atom is -0.465 e. The number of thiocarbonyl (C=S) groups is 1. The molecule has 0 saturated heterocycles. The molecule has 162 valence electrons. The number of benzene rings is 2. The van der Waals surface area contributed by atoms with Crippen molar-refractivity contribution in [3.8, 4) is 5.75 Å². The predicted molar refractivity (Wildman–Crippen MR) is 123 cm³/mol. The van der Waals surface area contributed by atoms with Crippen molar-refractivity contribution in [1.82, 2.24) is 0 Å². The highest BCUT2D eigenvalue weighted by atomic mass is 32.1. The quantitative estimate of drug-likeness (QED) is 0.340. The number of halogens is 2. The van der Waals surface area contributed by atoms with Crippen LogP contribution in [0.5, 0.6) is 5.75 Å². The Hall–Kier alpha value is -3.04. The van der Waals surface area contributed by atoms with Crippen molar-refractivity contribution in [2.24, 2.45) is 0 Å². The molecule has 0 unspecified atom stereocenters. The van der Waals surface area contributed by atoms with Crippen LogP contribution in [0.4, 0.5) is 19.5 Å². The van der Waals surface area contributed by atoms with Crippen molar-refractivity contribution in [2.45, 2.75) is 20.0 Å². The van der Waals surface area contributed by atoms with Gasteiger partial charge in [0.1, 0.15) is 10.8 Å². The van der Waals surface area contributed by atoms with Gasteiger partial charge in [0.15, 0.2) is 5.11 Å². The second-order valence-corrected chi connectivity index (χ2v) is 8.11. The number of thiophene rings is 1. The fraction of sp³-hybridized carbons (Fsp3) is 0.182. The Kier molecular flexibility index (Phi) is 7.54. The number of anilines is 2. The topological polar surface area (TPSA) is 59.6 Å². The first-order chi connectivity index (χ1) is 14.9. The van der Waals surface area contributed by atoms with Gasteiger partial charge in [-0.15, -0.1) is 11.3 Å². The highest BCUT2D eigenvalue weighted by Crippen LogP contribution is 2.32. The van der Waals surface area contributed by atoms with Gasteiger partial charge in [-0.3, -0.25) is 0 Å². The smallest absolute Gasteiger partial charge is 0.387 e. The minimum atomic E-state index is -2.97. The molecule has 3 aromatic rings. The third-order valence-electron chi connectivity index (χ3n) is 4.24. The van der Waals surface area contributed by atoms with Crippen LogP contribution in [0.2, 0.25) is 0 Å². The first kappa shape index (κ1) is 22.6. The molecule has 0 spiro atoms. The number of alkyl halides is 2. The van der Waals surface area contributed by atoms with Crippen LogP contribution in [0.3, 0.4) is 0 Å². The maximum absolute atomic E-state index is 12.7. The summed E-state index contributed by atoms with van der Waals surface area (Å²) in [4.78, 5) is 13.2. The van der Waals surface area contributed by atoms with E-state index in [4.69, 9.17) is 17.0 Å². The second kappa shape index (κ2) is 10.3. The molecule has 3 rings (SSSR count). The molecule has 0 amide bonds. The van der Waals surface area contributed by atoms with Crippen LogP contribution >= 0.6 is 23.6 Å². The fourth-order valence-electron chi connectivity index (χ4n) is 2.86. The third kappa shape index (κ3) is 6.22. The van der Waals surface area contributed by atoms with Crippen LogP contribution in [0.1, 0.15) is 26.4 Å². The molecule has 0 atom stereocenters. The zero-order chi connectivity index (χ0) is 22.4. The average molecular weight is 463 g/mol. The van der Waals surface area contributed by atoms with Crippen molar-refractivity contribution in [1.29, 1.82) is 0 Å². The summed E-state index contributed by atoms with van der Waals surface area (Å²) >= 11 is 6.70. The van der Waals surface area contributed by atoms with Crippen LogP contribution in [0.25, 0.3) is 0 Å². The van der Waals surface area contributed by atoms with Gasteiger partial charge in [-0.25, -0.2) is 4.79 Å². The Labute approximate surface area is 188 Å². The zero-order valence-electron chi connectivity index (χ0n) is 16.8. The maximum atomic E-state index is 12.7. The van der Waals surface area contributed by atoms with E-state index in [2.05, 4.69) is 15.4 Å². The Balaban J connectivity index is 1.80. The zero-order valence-corrected chi connectivity index (χ0v) is 18.4. The molecule has 0 bridgehead atoms. The summed E-state index contributed by atoms with van der Waals surface area (Å²) < 4.78 is 34.9. The molecular weight excluding hydrogens is 442 g/mol. The molecule has 9 heteroatoms. The van der Waals surface area contributed by atoms with Crippen LogP contribution in [-0.2, 0) is 11.2 Å². The van der Waals surface area contributed by atoms with E-state index < -0.39 is 12.6 Å². The molecule has 0 fully saturated rings. The number of carbonyl (C=O) groups is 1. The largest absolute Gasteiger partial charge is 0.465 e. The highest BCUT2D eigenvalue weighted by molar-refractivity contribution is 7.80. The molecule has 5 nitrogen and oxygen atoms in total. The molecule has 2 aromatic carbocycles. The summed E-state index contributed by atoms with van der Waals surface area (Å²) in [6.45, 7) is -1.20. The van der Waals surface area contributed by atoms with Crippen molar-refractivity contribution < 1.29 is 23.0 Å². The van der Waals surface area contributed by atoms with E-state index >= 15 is 0 Å². The van der Waals surface area contributed by atoms with Crippen LogP contribution < -0.4 is 15.4 Å². The minimum absolute atomic E-state index is 0.0247. The molecule has 0 radical (unpaired) electrons. The van der Waals surface area contributed by atoms with Gasteiger partial charge in [-0.2, -0.15) is 8.78 Å². The summed E-state index contributed by atoms with van der Waals surface area (Å²) in [5.41, 5.74) is 2.48. The third-order valence-corrected chi connectivity index (χ3v) is 5.49. The van der Waals surface area contributed by atoms with Gasteiger partial charge in [0, 0.05) is 11.3 Å². The van der Waals surface area contributed by atoms with E-state index in [9.17, 15) is 13.6 Å². The molecule has 0 saturated carbocycles. The summed E-state index contributed by atoms with van der Waals surface area (Å²) in [7, 11) is 1.30. The first-order valence-electron chi connectivity index (χ1n) is 9.24. The van der Waals surface area contributed by atoms with Gasteiger partial charge in [0.2, 0.25) is 0 Å². The number of aryl methyl sites for hydroxylation is 1. The van der Waals surface area contributed by atoms with Gasteiger partial charge in [0.25, 0.3) is 0 Å². The summed E-state index contributed by atoms with van der Waals surface area (Å²) in [5, 5.41) is 6.45. The predicted octanol–water partition coefficient (Wildman–Crippen LogP) is 5.84. The van der Waals surface area contributed by atoms with Crippen molar-refractivity contribution in [3.05, 3.63) is 76.2 Å². The molecule has 1 aromatic heterocycles. The molecule has 0 aliphatic rings. The average Bonchev–Trinajstić information content (AvgIpc) is 3.11. The van der Waals surface area contributed by atoms with E-state index in [1.54, 1.807) is 25.1 Å². The fourth-order valence-corrected chi connectivity index (χ4v) is 4.22. The number of ether oxygens (including phenoxy) is 2. The van der Waals surface area contributed by atoms with E-state index in [1.807, 2.05) is 30.3 Å². The van der Waals surface area contributed by atoms with Gasteiger partial charge in [-0.1, -0.05) is 36.4 Å². The molecule has 2 N–H and O–H groups in total. The SMILES string of the molecule is COC(=O)c1cc(Cc2ccccc2)sc1NC(=S)Nc1ccc(C)cc1OC(F)F. The molecule has 1 heterocycles. The lowest BCUT2D eigenvalue weighted by Crippen LogP contribution is -2.20. The molecular formula is C22H20F2N2O3S2. The molecule has 0 aliphatic heterocycles. The van der Waals surface area contributed by atoms with E-state index in [0.717, 1.165) is 16.0 Å². The van der Waals surface area contributed by atoms with Crippen molar-refractivity contribution in [2.75, 3.05) is 17.7 Å². The molecule has 0 aliphatic carbocycles. The highest BCUT2D eigenvalue weighted by Gasteiger charge is 2.19. The number of esters is 1. The number of rotatable bonds is 7. The lowest BCUT2D eigenvalue weighted by Gasteiger charge is -2.15. The number of hydrogen-bond donors (Lipinski definition) is 2. The summed E-state index contributed by atoms with van der Waals surface area (Å²) in [6.07, 6.45) is 0.641. The van der Waals surface area contributed by atoms with E-state index in [-0.39, 0.29) is 16.5 Å². The first-order valence-corrected chi connectivity index (χ1v) is 10.5. The van der Waals surface area contributed by atoms with Crippen LogP contribution in [0, 0.1) is 6.92 Å². The standard InChI is InChI=1S/C22H20F2N2O3S2/c1-13-8-9-17(18(10-13)29-21(23)24)25-22(30)26-19-16(20(27)28-2)12-15(31-19)11-14-6-4-3-5-7-14/h3-10,12,21H,11H2,1-2H3,(H2,25,26,30). The summed E-state index contributed by atoms with van der Waals surface area (Å²) in [6, 6.07) is 16.4. The lowest BCUT2D eigenvalue weighted by atomic mass is 10.1. The number of hydrogen-bond acceptors (Lipinski definition) is 5. The monoisotopic (exact) mass is 462 g/mol. The van der Waals surface area contributed by atoms with Gasteiger partial charge in [-0.05, 0) is 48.5 Å².